The average molecular weight is 332 g/mol. The van der Waals surface area contributed by atoms with Gasteiger partial charge in [-0.3, -0.25) is 9.59 Å². The summed E-state index contributed by atoms with van der Waals surface area (Å²) in [7, 11) is 0. The van der Waals surface area contributed by atoms with Crippen LogP contribution >= 0.6 is 23.2 Å². The van der Waals surface area contributed by atoms with Crippen molar-refractivity contribution >= 4 is 35.1 Å². The number of rotatable bonds is 5. The molecule has 1 aromatic carbocycles. The van der Waals surface area contributed by atoms with Crippen molar-refractivity contribution in [3.63, 3.8) is 0 Å². The number of carboxylic acids is 1. The maximum Gasteiger partial charge on any atom is 0.311 e. The van der Waals surface area contributed by atoms with Crippen LogP contribution in [0.4, 0.5) is 0 Å². The molecule has 116 valence electrons. The number of nitrogens with one attached hydrogen (secondary N) is 1. The fourth-order valence-electron chi connectivity index (χ4n) is 1.65. The molecular weight excluding hydrogens is 313 g/mol. The minimum atomic E-state index is -1.10. The van der Waals surface area contributed by atoms with Crippen molar-refractivity contribution in [1.82, 2.24) is 5.32 Å². The lowest BCUT2D eigenvalue weighted by atomic mass is 9.74. The second-order valence-electron chi connectivity index (χ2n) is 6.02. The Kier molecular flexibility index (Phi) is 5.29. The fraction of sp³-hybridized carbons (Fsp3) is 0.467. The minimum Gasteiger partial charge on any atom is -0.481 e. The highest BCUT2D eigenvalue weighted by molar-refractivity contribution is 6.35. The van der Waals surface area contributed by atoms with Crippen LogP contribution in [0.1, 0.15) is 33.3 Å². The van der Waals surface area contributed by atoms with E-state index in [4.69, 9.17) is 23.2 Å². The summed E-state index contributed by atoms with van der Waals surface area (Å²) in [4.78, 5) is 23.5. The van der Waals surface area contributed by atoms with E-state index in [0.29, 0.717) is 15.6 Å². The molecule has 0 aromatic heterocycles. The molecule has 0 unspecified atom stereocenters. The largest absolute Gasteiger partial charge is 0.481 e. The third kappa shape index (κ3) is 4.11. The third-order valence-corrected chi connectivity index (χ3v) is 4.50. The van der Waals surface area contributed by atoms with Gasteiger partial charge in [-0.05, 0) is 45.4 Å². The van der Waals surface area contributed by atoms with Crippen LogP contribution in [0.2, 0.25) is 10.0 Å². The molecule has 1 rings (SSSR count). The van der Waals surface area contributed by atoms with E-state index in [1.807, 2.05) is 0 Å². The van der Waals surface area contributed by atoms with Gasteiger partial charge in [0.25, 0.3) is 0 Å². The Morgan fingerprint density at radius 2 is 1.76 bits per heavy atom. The van der Waals surface area contributed by atoms with Crippen LogP contribution < -0.4 is 5.32 Å². The van der Waals surface area contributed by atoms with E-state index in [9.17, 15) is 14.7 Å². The number of halogens is 2. The molecule has 0 aliphatic rings. The van der Waals surface area contributed by atoms with Crippen molar-refractivity contribution < 1.29 is 14.7 Å². The number of carbonyl (C=O) groups excluding carboxylic acids is 1. The molecule has 0 aliphatic carbocycles. The maximum atomic E-state index is 12.1. The number of carbonyl (C=O) groups is 2. The smallest absolute Gasteiger partial charge is 0.311 e. The van der Waals surface area contributed by atoms with Crippen molar-refractivity contribution in [3.8, 4) is 0 Å². The van der Waals surface area contributed by atoms with Crippen LogP contribution in [0, 0.1) is 5.41 Å². The summed E-state index contributed by atoms with van der Waals surface area (Å²) >= 11 is 11.8. The summed E-state index contributed by atoms with van der Waals surface area (Å²) in [6.45, 7) is 6.51. The molecule has 4 nitrogen and oxygen atoms in total. The van der Waals surface area contributed by atoms with E-state index >= 15 is 0 Å². The van der Waals surface area contributed by atoms with Crippen LogP contribution in [0.15, 0.2) is 18.2 Å². The van der Waals surface area contributed by atoms with Crippen molar-refractivity contribution in [2.45, 2.75) is 39.7 Å². The summed E-state index contributed by atoms with van der Waals surface area (Å²) in [5, 5.41) is 12.9. The Morgan fingerprint density at radius 3 is 2.24 bits per heavy atom. The van der Waals surface area contributed by atoms with Gasteiger partial charge in [0.2, 0.25) is 5.91 Å². The van der Waals surface area contributed by atoms with Gasteiger partial charge in [0.15, 0.2) is 0 Å². The Labute approximate surface area is 134 Å². The normalized spacial score (nSPS) is 12.1. The van der Waals surface area contributed by atoms with Crippen molar-refractivity contribution in [2.75, 3.05) is 0 Å². The molecular formula is C15H19Cl2NO3. The Hall–Kier alpha value is -1.26. The molecule has 0 saturated heterocycles. The molecule has 2 N–H and O–H groups in total. The summed E-state index contributed by atoms with van der Waals surface area (Å²) in [5.41, 5.74) is -1.37. The van der Waals surface area contributed by atoms with Crippen LogP contribution in [0.25, 0.3) is 0 Å². The summed E-state index contributed by atoms with van der Waals surface area (Å²) < 4.78 is 0. The van der Waals surface area contributed by atoms with Crippen molar-refractivity contribution in [1.29, 1.82) is 0 Å². The molecule has 0 spiro atoms. The predicted molar refractivity (Wildman–Crippen MR) is 83.8 cm³/mol. The summed E-state index contributed by atoms with van der Waals surface area (Å²) in [5.74, 6) is -1.27. The van der Waals surface area contributed by atoms with Gasteiger partial charge in [-0.25, -0.2) is 0 Å². The molecule has 6 heteroatoms. The highest BCUT2D eigenvalue weighted by atomic mass is 35.5. The first kappa shape index (κ1) is 17.8. The third-order valence-electron chi connectivity index (χ3n) is 3.92. The number of hydrogen-bond donors (Lipinski definition) is 2. The van der Waals surface area contributed by atoms with E-state index in [-0.39, 0.29) is 12.3 Å². The van der Waals surface area contributed by atoms with Gasteiger partial charge < -0.3 is 10.4 Å². The monoisotopic (exact) mass is 331 g/mol. The second kappa shape index (κ2) is 6.24. The Bertz CT molecular complexity index is 568. The van der Waals surface area contributed by atoms with Gasteiger partial charge in [0, 0.05) is 15.6 Å². The van der Waals surface area contributed by atoms with Gasteiger partial charge in [0.1, 0.15) is 0 Å². The van der Waals surface area contributed by atoms with Crippen LogP contribution in [0.5, 0.6) is 0 Å². The molecule has 1 amide bonds. The number of carboxylic acid groups (broad SMARTS) is 1. The number of amides is 1. The molecule has 0 atom stereocenters. The first-order valence-electron chi connectivity index (χ1n) is 6.45. The van der Waals surface area contributed by atoms with Gasteiger partial charge >= 0.3 is 5.97 Å². The van der Waals surface area contributed by atoms with Gasteiger partial charge in [-0.1, -0.05) is 29.3 Å². The molecule has 0 fully saturated rings. The first-order chi connectivity index (χ1) is 9.47. The lowest BCUT2D eigenvalue weighted by Crippen LogP contribution is -2.57. The highest BCUT2D eigenvalue weighted by Crippen LogP contribution is 2.31. The zero-order chi connectivity index (χ0) is 16.4. The molecule has 21 heavy (non-hydrogen) atoms. The molecule has 0 heterocycles. The van der Waals surface area contributed by atoms with E-state index in [2.05, 4.69) is 5.32 Å². The number of aliphatic carboxylic acids is 1. The standard InChI is InChI=1S/C15H19Cl2NO3/c1-14(2,13(20)21)15(3,4)18-12(19)7-9-5-6-10(16)8-11(9)17/h5-6,8H,7H2,1-4H3,(H,18,19)(H,20,21). The first-order valence-corrected chi connectivity index (χ1v) is 7.21. The number of benzene rings is 1. The molecule has 1 aromatic rings. The maximum absolute atomic E-state index is 12.1. The molecule has 0 saturated carbocycles. The molecule has 0 aliphatic heterocycles. The van der Waals surface area contributed by atoms with E-state index < -0.39 is 16.9 Å². The predicted octanol–water partition coefficient (Wildman–Crippen LogP) is 3.54. The Balaban J connectivity index is 2.84. The lowest BCUT2D eigenvalue weighted by Gasteiger charge is -2.38. The zero-order valence-corrected chi connectivity index (χ0v) is 14.0. The lowest BCUT2D eigenvalue weighted by molar-refractivity contribution is -0.151. The van der Waals surface area contributed by atoms with Gasteiger partial charge in [-0.2, -0.15) is 0 Å². The van der Waals surface area contributed by atoms with E-state index in [1.54, 1.807) is 45.9 Å². The van der Waals surface area contributed by atoms with Crippen LogP contribution in [0.3, 0.4) is 0 Å². The van der Waals surface area contributed by atoms with E-state index in [1.165, 1.54) is 0 Å². The molecule has 0 radical (unpaired) electrons. The van der Waals surface area contributed by atoms with Gasteiger partial charge in [-0.15, -0.1) is 0 Å². The van der Waals surface area contributed by atoms with Crippen LogP contribution in [-0.4, -0.2) is 22.5 Å². The topological polar surface area (TPSA) is 66.4 Å². The minimum absolute atomic E-state index is 0.0646. The fourth-order valence-corrected chi connectivity index (χ4v) is 2.13. The molecule has 0 bridgehead atoms. The SMILES string of the molecule is CC(C)(NC(=O)Cc1ccc(Cl)cc1Cl)C(C)(C)C(=O)O. The van der Waals surface area contributed by atoms with Crippen molar-refractivity contribution in [3.05, 3.63) is 33.8 Å². The number of hydrogen-bond acceptors (Lipinski definition) is 2. The van der Waals surface area contributed by atoms with E-state index in [0.717, 1.165) is 0 Å². The van der Waals surface area contributed by atoms with Crippen molar-refractivity contribution in [2.24, 2.45) is 5.41 Å². The average Bonchev–Trinajstić information content (AvgIpc) is 2.31. The second-order valence-corrected chi connectivity index (χ2v) is 6.86. The highest BCUT2D eigenvalue weighted by Gasteiger charge is 2.44. The zero-order valence-electron chi connectivity index (χ0n) is 12.5. The summed E-state index contributed by atoms with van der Waals surface area (Å²) in [6, 6.07) is 4.90. The summed E-state index contributed by atoms with van der Waals surface area (Å²) in [6.07, 6.45) is 0.0646. The van der Waals surface area contributed by atoms with Crippen LogP contribution in [-0.2, 0) is 16.0 Å². The quantitative estimate of drug-likeness (QED) is 0.867. The van der Waals surface area contributed by atoms with Gasteiger partial charge in [0.05, 0.1) is 11.8 Å². The Morgan fingerprint density at radius 1 is 1.19 bits per heavy atom.